The van der Waals surface area contributed by atoms with Crippen molar-refractivity contribution in [2.24, 2.45) is 0 Å². The molecule has 0 saturated carbocycles. The molecule has 0 aromatic carbocycles. The number of aliphatic hydroxyl groups excluding tert-OH is 1. The molecule has 1 N–H and O–H groups in total. The van der Waals surface area contributed by atoms with E-state index in [4.69, 9.17) is 0 Å². The molecule has 6 heteroatoms. The minimum Gasteiger partial charge on any atom is -0.748 e. The van der Waals surface area contributed by atoms with Crippen molar-refractivity contribution in [2.45, 2.75) is 128 Å². The zero-order valence-corrected chi connectivity index (χ0v) is 20.4. The number of unbranched alkanes of at least 4 members (excludes halogenated alkanes) is 11. The fourth-order valence-electron chi connectivity index (χ4n) is 3.28. The first-order valence-corrected chi connectivity index (χ1v) is 12.0. The Morgan fingerprint density at radius 2 is 1.08 bits per heavy atom. The van der Waals surface area contributed by atoms with Crippen molar-refractivity contribution in [3.63, 3.8) is 0 Å². The summed E-state index contributed by atoms with van der Waals surface area (Å²) in [4.78, 5) is 0. The molecular formula is C20H41NaO4S. The monoisotopic (exact) mass is 400 g/mol. The first-order chi connectivity index (χ1) is 11.9. The van der Waals surface area contributed by atoms with Gasteiger partial charge in [0.15, 0.2) is 0 Å². The quantitative estimate of drug-likeness (QED) is 0.218. The van der Waals surface area contributed by atoms with E-state index in [1.165, 1.54) is 25.7 Å². The van der Waals surface area contributed by atoms with Crippen LogP contribution in [0, 0.1) is 0 Å². The van der Waals surface area contributed by atoms with Crippen molar-refractivity contribution in [1.29, 1.82) is 0 Å². The van der Waals surface area contributed by atoms with Crippen LogP contribution in [0.25, 0.3) is 0 Å². The van der Waals surface area contributed by atoms with Crippen LogP contribution in [0.1, 0.15) is 117 Å². The van der Waals surface area contributed by atoms with Gasteiger partial charge in [0.2, 0.25) is 0 Å². The molecule has 0 spiro atoms. The second kappa shape index (κ2) is 19.2. The van der Waals surface area contributed by atoms with Gasteiger partial charge in [-0.3, -0.25) is 0 Å². The van der Waals surface area contributed by atoms with E-state index in [1.54, 1.807) is 0 Å². The average Bonchev–Trinajstić information content (AvgIpc) is 2.53. The van der Waals surface area contributed by atoms with Crippen LogP contribution < -0.4 is 29.6 Å². The number of hydrogen-bond acceptors (Lipinski definition) is 4. The summed E-state index contributed by atoms with van der Waals surface area (Å²) in [7, 11) is -4.15. The third-order valence-corrected chi connectivity index (χ3v) is 6.22. The molecule has 0 saturated heterocycles. The van der Waals surface area contributed by atoms with Crippen LogP contribution in [-0.4, -0.2) is 29.4 Å². The van der Waals surface area contributed by atoms with E-state index in [0.717, 1.165) is 64.2 Å². The molecule has 0 amide bonds. The van der Waals surface area contributed by atoms with Crippen LogP contribution in [0.15, 0.2) is 0 Å². The van der Waals surface area contributed by atoms with Gasteiger partial charge in [0.05, 0.1) is 16.2 Å². The van der Waals surface area contributed by atoms with Crippen LogP contribution in [0.5, 0.6) is 0 Å². The van der Waals surface area contributed by atoms with Crippen LogP contribution >= 0.6 is 0 Å². The Balaban J connectivity index is 0. The summed E-state index contributed by atoms with van der Waals surface area (Å²) in [6.07, 6.45) is 16.0. The Bertz CT molecular complexity index is 385. The van der Waals surface area contributed by atoms with Gasteiger partial charge in [-0.05, 0) is 26.2 Å². The molecule has 0 rings (SSSR count). The Labute approximate surface area is 185 Å². The van der Waals surface area contributed by atoms with Crippen molar-refractivity contribution in [2.75, 3.05) is 0 Å². The predicted molar refractivity (Wildman–Crippen MR) is 105 cm³/mol. The smallest absolute Gasteiger partial charge is 0.748 e. The zero-order valence-electron chi connectivity index (χ0n) is 17.5. The van der Waals surface area contributed by atoms with E-state index < -0.39 is 15.4 Å². The maximum Gasteiger partial charge on any atom is 1.00 e. The normalized spacial score (nSPS) is 14.0. The number of hydrogen-bond donors (Lipinski definition) is 1. The molecule has 2 unspecified atom stereocenters. The topological polar surface area (TPSA) is 77.4 Å². The van der Waals surface area contributed by atoms with Gasteiger partial charge in [0, 0.05) is 5.25 Å². The zero-order chi connectivity index (χ0) is 19.0. The van der Waals surface area contributed by atoms with Crippen molar-refractivity contribution < 1.29 is 47.6 Å². The van der Waals surface area contributed by atoms with E-state index in [-0.39, 0.29) is 35.7 Å². The standard InChI is InChI=1S/C20H42O4S.Na/c1-3-4-5-6-11-14-17-20(25(22,23)24)18-15-12-9-7-8-10-13-16-19(2)21;/h19-21H,3-18H2,1-2H3,(H,22,23,24);/q;+1/p-1. The summed E-state index contributed by atoms with van der Waals surface area (Å²) in [5, 5.41) is 8.51. The van der Waals surface area contributed by atoms with Gasteiger partial charge in [-0.25, -0.2) is 8.42 Å². The van der Waals surface area contributed by atoms with E-state index in [2.05, 4.69) is 6.92 Å². The molecule has 26 heavy (non-hydrogen) atoms. The summed E-state index contributed by atoms with van der Waals surface area (Å²) in [5.74, 6) is 0. The molecule has 0 aliphatic carbocycles. The van der Waals surface area contributed by atoms with Crippen molar-refractivity contribution >= 4 is 10.1 Å². The van der Waals surface area contributed by atoms with Crippen molar-refractivity contribution in [3.8, 4) is 0 Å². The Morgan fingerprint density at radius 3 is 1.42 bits per heavy atom. The van der Waals surface area contributed by atoms with E-state index in [9.17, 15) is 18.1 Å². The summed E-state index contributed by atoms with van der Waals surface area (Å²) in [6, 6.07) is 0. The summed E-state index contributed by atoms with van der Waals surface area (Å²) in [6.45, 7) is 4.00. The molecule has 0 aliphatic rings. The van der Waals surface area contributed by atoms with Gasteiger partial charge in [-0.2, -0.15) is 0 Å². The fourth-order valence-corrected chi connectivity index (χ4v) is 4.19. The van der Waals surface area contributed by atoms with Crippen LogP contribution in [0.3, 0.4) is 0 Å². The molecular weight excluding hydrogens is 359 g/mol. The Morgan fingerprint density at radius 1 is 0.731 bits per heavy atom. The van der Waals surface area contributed by atoms with Crippen LogP contribution in [-0.2, 0) is 10.1 Å². The molecule has 0 fully saturated rings. The Kier molecular flexibility index (Phi) is 21.5. The predicted octanol–water partition coefficient (Wildman–Crippen LogP) is 2.55. The molecule has 0 aliphatic heterocycles. The van der Waals surface area contributed by atoms with Gasteiger partial charge in [-0.15, -0.1) is 0 Å². The van der Waals surface area contributed by atoms with E-state index in [1.807, 2.05) is 6.92 Å². The molecule has 4 nitrogen and oxygen atoms in total. The Hall–Kier alpha value is 0.870. The number of rotatable bonds is 18. The first-order valence-electron chi connectivity index (χ1n) is 10.5. The van der Waals surface area contributed by atoms with Gasteiger partial charge in [0.25, 0.3) is 0 Å². The van der Waals surface area contributed by atoms with Crippen LogP contribution in [0.2, 0.25) is 0 Å². The minimum absolute atomic E-state index is 0. The molecule has 0 heterocycles. The summed E-state index contributed by atoms with van der Waals surface area (Å²) >= 11 is 0. The van der Waals surface area contributed by atoms with Crippen molar-refractivity contribution in [3.05, 3.63) is 0 Å². The van der Waals surface area contributed by atoms with Gasteiger partial charge >= 0.3 is 29.6 Å². The minimum atomic E-state index is -4.15. The van der Waals surface area contributed by atoms with Crippen molar-refractivity contribution in [1.82, 2.24) is 0 Å². The second-order valence-electron chi connectivity index (χ2n) is 7.57. The third kappa shape index (κ3) is 19.6. The maximum atomic E-state index is 11.4. The van der Waals surface area contributed by atoms with E-state index >= 15 is 0 Å². The van der Waals surface area contributed by atoms with E-state index in [0.29, 0.717) is 12.8 Å². The maximum absolute atomic E-state index is 11.4. The first kappa shape index (κ1) is 29.1. The van der Waals surface area contributed by atoms with Crippen LogP contribution in [0.4, 0.5) is 0 Å². The molecule has 2 atom stereocenters. The number of aliphatic hydroxyl groups is 1. The SMILES string of the molecule is CCCCCCCCC(CCCCCCCCCC(C)O)S(=O)(=O)[O-].[Na+]. The summed E-state index contributed by atoms with van der Waals surface area (Å²) in [5.41, 5.74) is 0. The van der Waals surface area contributed by atoms with Gasteiger partial charge < -0.3 is 9.66 Å². The van der Waals surface area contributed by atoms with Gasteiger partial charge in [-0.1, -0.05) is 90.4 Å². The molecule has 0 radical (unpaired) electrons. The average molecular weight is 401 g/mol. The molecule has 152 valence electrons. The molecule has 0 aromatic heterocycles. The van der Waals surface area contributed by atoms with Gasteiger partial charge in [0.1, 0.15) is 0 Å². The fraction of sp³-hybridized carbons (Fsp3) is 1.00. The third-order valence-electron chi connectivity index (χ3n) is 4.94. The second-order valence-corrected chi connectivity index (χ2v) is 9.22. The summed E-state index contributed by atoms with van der Waals surface area (Å²) < 4.78 is 34.2. The largest absolute Gasteiger partial charge is 1.00 e. The molecule has 0 bridgehead atoms. The molecule has 0 aromatic rings.